The van der Waals surface area contributed by atoms with Crippen molar-refractivity contribution in [1.82, 2.24) is 24.4 Å². The molecular formula is C23H32N6O5. The van der Waals surface area contributed by atoms with Crippen molar-refractivity contribution >= 4 is 35.0 Å². The second-order valence-electron chi connectivity index (χ2n) is 11.0. The Hall–Kier alpha value is -3.24. The molecule has 2 amide bonds. The third-order valence-electron chi connectivity index (χ3n) is 5.93. The molecule has 4 rings (SSSR count). The molecule has 3 heterocycles. The summed E-state index contributed by atoms with van der Waals surface area (Å²) in [5.41, 5.74) is 5.35. The van der Waals surface area contributed by atoms with E-state index in [-0.39, 0.29) is 29.5 Å². The number of esters is 1. The van der Waals surface area contributed by atoms with Crippen LogP contribution in [-0.2, 0) is 14.3 Å². The highest BCUT2D eigenvalue weighted by atomic mass is 16.6. The number of ether oxygens (including phenoxy) is 2. The lowest BCUT2D eigenvalue weighted by molar-refractivity contribution is -0.140. The summed E-state index contributed by atoms with van der Waals surface area (Å²) in [5.74, 6) is -0.839. The number of carbonyl (C=O) groups excluding carboxylic acids is 3. The smallest absolute Gasteiger partial charge is 0.417 e. The van der Waals surface area contributed by atoms with Gasteiger partial charge < -0.3 is 19.8 Å². The second kappa shape index (κ2) is 8.21. The molecule has 2 aliphatic rings. The predicted octanol–water partition coefficient (Wildman–Crippen LogP) is 3.24. The molecule has 1 aliphatic carbocycles. The van der Waals surface area contributed by atoms with Gasteiger partial charge in [0.25, 0.3) is 0 Å². The zero-order valence-corrected chi connectivity index (χ0v) is 20.5. The van der Waals surface area contributed by atoms with E-state index >= 15 is 0 Å². The van der Waals surface area contributed by atoms with Crippen LogP contribution in [0.1, 0.15) is 83.9 Å². The highest BCUT2D eigenvalue weighted by Crippen LogP contribution is 2.42. The highest BCUT2D eigenvalue weighted by Gasteiger charge is 2.47. The van der Waals surface area contributed by atoms with Crippen LogP contribution in [0.5, 0.6) is 0 Å². The van der Waals surface area contributed by atoms with Gasteiger partial charge in [-0.2, -0.15) is 0 Å². The summed E-state index contributed by atoms with van der Waals surface area (Å²) in [5, 5.41) is 0. The van der Waals surface area contributed by atoms with Crippen LogP contribution >= 0.6 is 0 Å². The number of nitrogens with zero attached hydrogens (tertiary/aromatic N) is 5. The number of nitrogens with two attached hydrogens (primary N) is 1. The summed E-state index contributed by atoms with van der Waals surface area (Å²) in [4.78, 5) is 52.6. The summed E-state index contributed by atoms with van der Waals surface area (Å²) in [6.45, 7) is 10.5. The van der Waals surface area contributed by atoms with Gasteiger partial charge in [-0.3, -0.25) is 4.79 Å². The lowest BCUT2D eigenvalue weighted by atomic mass is 9.76. The van der Waals surface area contributed by atoms with Crippen molar-refractivity contribution in [3.63, 3.8) is 0 Å². The molecule has 1 saturated carbocycles. The van der Waals surface area contributed by atoms with E-state index in [4.69, 9.17) is 15.2 Å². The van der Waals surface area contributed by atoms with Crippen LogP contribution in [0, 0.1) is 5.92 Å². The molecule has 11 nitrogen and oxygen atoms in total. The molecule has 11 heteroatoms. The Bertz CT molecular complexity index is 1150. The van der Waals surface area contributed by atoms with Crippen molar-refractivity contribution < 1.29 is 23.9 Å². The lowest BCUT2D eigenvalue weighted by Crippen LogP contribution is -2.56. The maximum absolute atomic E-state index is 13.0. The minimum atomic E-state index is -0.732. The number of likely N-dealkylation sites (tertiary alicyclic amines) is 1. The minimum absolute atomic E-state index is 0.0574. The van der Waals surface area contributed by atoms with Gasteiger partial charge in [-0.25, -0.2) is 29.4 Å². The van der Waals surface area contributed by atoms with Gasteiger partial charge in [-0.1, -0.05) is 0 Å². The van der Waals surface area contributed by atoms with Crippen LogP contribution in [0.3, 0.4) is 0 Å². The lowest BCUT2D eigenvalue weighted by Gasteiger charge is -2.46. The van der Waals surface area contributed by atoms with E-state index < -0.39 is 29.3 Å². The number of piperidine rings is 1. The number of anilines is 1. The molecule has 2 N–H and O–H groups in total. The van der Waals surface area contributed by atoms with E-state index in [1.807, 2.05) is 0 Å². The molecule has 0 aromatic carbocycles. The topological polar surface area (TPSA) is 143 Å². The van der Waals surface area contributed by atoms with Gasteiger partial charge in [0.05, 0.1) is 18.4 Å². The van der Waals surface area contributed by atoms with Gasteiger partial charge >= 0.3 is 12.1 Å². The van der Waals surface area contributed by atoms with E-state index in [1.54, 1.807) is 52.4 Å². The summed E-state index contributed by atoms with van der Waals surface area (Å²) in [6, 6.07) is -0.716. The minimum Gasteiger partial charge on any atom is -0.454 e. The number of carbonyl (C=O) groups is 3. The molecule has 3 atom stereocenters. The van der Waals surface area contributed by atoms with Crippen molar-refractivity contribution in [3.8, 4) is 0 Å². The number of hydrogen-bond acceptors (Lipinski definition) is 9. The van der Waals surface area contributed by atoms with Gasteiger partial charge in [-0.05, 0) is 66.7 Å². The highest BCUT2D eigenvalue weighted by molar-refractivity contribution is 5.94. The summed E-state index contributed by atoms with van der Waals surface area (Å²) in [6.07, 6.45) is 3.44. The quantitative estimate of drug-likeness (QED) is 0.651. The summed E-state index contributed by atoms with van der Waals surface area (Å²) >= 11 is 0. The Morgan fingerprint density at radius 1 is 1.03 bits per heavy atom. The molecule has 0 unspecified atom stereocenters. The molecule has 2 aromatic heterocycles. The average Bonchev–Trinajstić information content (AvgIpc) is 3.09. The molecule has 1 aliphatic heterocycles. The van der Waals surface area contributed by atoms with E-state index in [0.29, 0.717) is 30.4 Å². The largest absolute Gasteiger partial charge is 0.454 e. The number of hydrogen-bond donors (Lipinski definition) is 1. The number of rotatable bonds is 2. The molecule has 34 heavy (non-hydrogen) atoms. The number of imidazole rings is 1. The molecule has 1 saturated heterocycles. The normalized spacial score (nSPS) is 23.2. The zero-order valence-electron chi connectivity index (χ0n) is 20.5. The monoisotopic (exact) mass is 472 g/mol. The molecule has 2 aromatic rings. The Kier molecular flexibility index (Phi) is 5.77. The molecule has 2 bridgehead atoms. The van der Waals surface area contributed by atoms with Gasteiger partial charge in [0, 0.05) is 6.42 Å². The van der Waals surface area contributed by atoms with Crippen LogP contribution in [0.15, 0.2) is 6.33 Å². The first-order chi connectivity index (χ1) is 15.7. The van der Waals surface area contributed by atoms with Crippen molar-refractivity contribution in [2.75, 3.05) is 5.73 Å². The average molecular weight is 473 g/mol. The summed E-state index contributed by atoms with van der Waals surface area (Å²) < 4.78 is 12.7. The number of nitrogen functional groups attached to an aromatic ring is 1. The van der Waals surface area contributed by atoms with Crippen molar-refractivity contribution in [1.29, 1.82) is 0 Å². The van der Waals surface area contributed by atoms with Gasteiger partial charge in [0.15, 0.2) is 11.5 Å². The van der Waals surface area contributed by atoms with Crippen molar-refractivity contribution in [2.24, 2.45) is 5.92 Å². The van der Waals surface area contributed by atoms with Gasteiger partial charge in [-0.15, -0.1) is 0 Å². The third kappa shape index (κ3) is 4.69. The van der Waals surface area contributed by atoms with Gasteiger partial charge in [0.2, 0.25) is 11.7 Å². The van der Waals surface area contributed by atoms with Crippen molar-refractivity contribution in [2.45, 2.75) is 90.5 Å². The van der Waals surface area contributed by atoms with Crippen LogP contribution in [0.2, 0.25) is 0 Å². The Balaban J connectivity index is 1.73. The van der Waals surface area contributed by atoms with Crippen LogP contribution in [-0.4, -0.2) is 59.6 Å². The molecule has 0 spiro atoms. The Morgan fingerprint density at radius 2 is 1.71 bits per heavy atom. The maximum Gasteiger partial charge on any atom is 0.417 e. The Labute approximate surface area is 198 Å². The third-order valence-corrected chi connectivity index (χ3v) is 5.93. The van der Waals surface area contributed by atoms with E-state index in [9.17, 15) is 14.4 Å². The molecule has 2 fully saturated rings. The Morgan fingerprint density at radius 3 is 2.35 bits per heavy atom. The number of imide groups is 1. The first-order valence-corrected chi connectivity index (χ1v) is 11.5. The second-order valence-corrected chi connectivity index (χ2v) is 11.0. The van der Waals surface area contributed by atoms with Crippen LogP contribution in [0.25, 0.3) is 11.2 Å². The van der Waals surface area contributed by atoms with Gasteiger partial charge in [0.1, 0.15) is 16.7 Å². The van der Waals surface area contributed by atoms with E-state index in [2.05, 4.69) is 15.0 Å². The SMILES string of the molecule is CC(C)(C)OC(=O)c1nc(N)c2ncn([C@@H]3CC[C@H]4CC(=O)N(C(=O)OC(C)(C)C)[C@@H]3C4)c2n1. The first kappa shape index (κ1) is 23.9. The summed E-state index contributed by atoms with van der Waals surface area (Å²) in [7, 11) is 0. The van der Waals surface area contributed by atoms with Crippen molar-refractivity contribution in [3.05, 3.63) is 12.2 Å². The maximum atomic E-state index is 13.0. The standard InChI is InChI=1S/C23H32N6O5/c1-22(2,3)33-20(31)18-26-17(24)16-19(27-18)28(11-25-16)13-8-7-12-9-14(13)29(15(30)10-12)21(32)34-23(4,5)6/h11-14H,7-10H2,1-6H3,(H2,24,26,27)/t12-,13-,14-/m1/s1. The van der Waals surface area contributed by atoms with E-state index in [0.717, 1.165) is 6.42 Å². The first-order valence-electron chi connectivity index (χ1n) is 11.5. The number of amides is 2. The van der Waals surface area contributed by atoms with E-state index in [1.165, 1.54) is 4.90 Å². The molecule has 184 valence electrons. The number of fused-ring (bicyclic) bond motifs is 3. The fraction of sp³-hybridized carbons (Fsp3) is 0.652. The zero-order chi connectivity index (χ0) is 25.0. The molecule has 0 radical (unpaired) electrons. The predicted molar refractivity (Wildman–Crippen MR) is 123 cm³/mol. The molecular weight excluding hydrogens is 440 g/mol. The number of aromatic nitrogens is 4. The fourth-order valence-electron chi connectivity index (χ4n) is 4.68. The van der Waals surface area contributed by atoms with Crippen LogP contribution < -0.4 is 5.73 Å². The van der Waals surface area contributed by atoms with Crippen LogP contribution in [0.4, 0.5) is 10.6 Å². The fourth-order valence-corrected chi connectivity index (χ4v) is 4.68.